The van der Waals surface area contributed by atoms with Crippen LogP contribution in [0.25, 0.3) is 22.4 Å². The second-order valence-electron chi connectivity index (χ2n) is 4.23. The molecular weight excluding hydrogens is 236 g/mol. The van der Waals surface area contributed by atoms with Crippen LogP contribution in [0.3, 0.4) is 0 Å². The van der Waals surface area contributed by atoms with Crippen molar-refractivity contribution in [3.63, 3.8) is 0 Å². The monoisotopic (exact) mass is 250 g/mol. The van der Waals surface area contributed by atoms with Gasteiger partial charge in [-0.3, -0.25) is 5.43 Å². The van der Waals surface area contributed by atoms with E-state index in [1.165, 1.54) is 11.1 Å². The summed E-state index contributed by atoms with van der Waals surface area (Å²) < 4.78 is 0. The molecule has 0 amide bonds. The average Bonchev–Trinajstić information content (AvgIpc) is 2.97. The number of nitrogens with zero attached hydrogens (tertiary/aromatic N) is 1. The van der Waals surface area contributed by atoms with Crippen molar-refractivity contribution in [3.05, 3.63) is 60.8 Å². The highest BCUT2D eigenvalue weighted by Crippen LogP contribution is 2.24. The van der Waals surface area contributed by atoms with E-state index in [1.807, 2.05) is 18.2 Å². The molecule has 4 N–H and O–H groups in total. The van der Waals surface area contributed by atoms with Crippen molar-refractivity contribution in [1.82, 2.24) is 9.97 Å². The number of rotatable bonds is 3. The Morgan fingerprint density at radius 1 is 0.842 bits per heavy atom. The molecule has 3 aromatic rings. The molecule has 0 aliphatic rings. The maximum absolute atomic E-state index is 5.30. The van der Waals surface area contributed by atoms with E-state index >= 15 is 0 Å². The summed E-state index contributed by atoms with van der Waals surface area (Å²) in [6.07, 6.45) is 1.76. The summed E-state index contributed by atoms with van der Waals surface area (Å²) >= 11 is 0. The van der Waals surface area contributed by atoms with E-state index in [2.05, 4.69) is 51.8 Å². The van der Waals surface area contributed by atoms with E-state index in [0.717, 1.165) is 11.3 Å². The van der Waals surface area contributed by atoms with Crippen molar-refractivity contribution in [2.75, 3.05) is 5.43 Å². The predicted molar refractivity (Wildman–Crippen MR) is 77.3 cm³/mol. The van der Waals surface area contributed by atoms with Gasteiger partial charge in [0, 0.05) is 0 Å². The molecule has 0 saturated heterocycles. The Morgan fingerprint density at radius 3 is 2.11 bits per heavy atom. The molecular formula is C15H14N4. The normalized spacial score (nSPS) is 10.4. The van der Waals surface area contributed by atoms with Crippen LogP contribution in [-0.2, 0) is 0 Å². The number of hydrogen-bond donors (Lipinski definition) is 3. The standard InChI is InChI=1S/C15H14N4/c16-19-15-17-10-14(18-15)13-8-6-12(7-9-13)11-4-2-1-3-5-11/h1-10H,16H2,(H2,17,18,19). The van der Waals surface area contributed by atoms with Crippen molar-refractivity contribution in [1.29, 1.82) is 0 Å². The van der Waals surface area contributed by atoms with Gasteiger partial charge in [-0.2, -0.15) is 0 Å². The highest BCUT2D eigenvalue weighted by atomic mass is 15.3. The fourth-order valence-corrected chi connectivity index (χ4v) is 2.01. The third-order valence-electron chi connectivity index (χ3n) is 3.02. The van der Waals surface area contributed by atoms with Gasteiger partial charge < -0.3 is 4.98 Å². The number of nitrogens with two attached hydrogens (primary N) is 1. The van der Waals surface area contributed by atoms with Crippen molar-refractivity contribution in [2.45, 2.75) is 0 Å². The highest BCUT2D eigenvalue weighted by Gasteiger charge is 2.03. The minimum atomic E-state index is 0.558. The average molecular weight is 250 g/mol. The number of nitrogens with one attached hydrogen (secondary N) is 2. The van der Waals surface area contributed by atoms with Gasteiger partial charge >= 0.3 is 0 Å². The Labute approximate surface area is 111 Å². The van der Waals surface area contributed by atoms with Gasteiger partial charge in [-0.15, -0.1) is 0 Å². The lowest BCUT2D eigenvalue weighted by molar-refractivity contribution is 1.20. The van der Waals surface area contributed by atoms with Crippen LogP contribution in [0, 0.1) is 0 Å². The first-order valence-electron chi connectivity index (χ1n) is 6.04. The third-order valence-corrected chi connectivity index (χ3v) is 3.02. The minimum absolute atomic E-state index is 0.558. The zero-order chi connectivity index (χ0) is 13.1. The number of benzene rings is 2. The Morgan fingerprint density at radius 2 is 1.47 bits per heavy atom. The molecule has 0 bridgehead atoms. The van der Waals surface area contributed by atoms with E-state index in [-0.39, 0.29) is 0 Å². The largest absolute Gasteiger partial charge is 0.323 e. The maximum atomic E-state index is 5.30. The summed E-state index contributed by atoms with van der Waals surface area (Å²) in [5.41, 5.74) is 6.91. The SMILES string of the molecule is NNc1ncc(-c2ccc(-c3ccccc3)cc2)[nH]1. The minimum Gasteiger partial charge on any atom is -0.323 e. The van der Waals surface area contributed by atoms with E-state index in [1.54, 1.807) is 6.20 Å². The van der Waals surface area contributed by atoms with Gasteiger partial charge in [-0.25, -0.2) is 10.8 Å². The summed E-state index contributed by atoms with van der Waals surface area (Å²) in [7, 11) is 0. The summed E-state index contributed by atoms with van der Waals surface area (Å²) in [6.45, 7) is 0. The van der Waals surface area contributed by atoms with Crippen LogP contribution in [0.15, 0.2) is 60.8 Å². The van der Waals surface area contributed by atoms with Crippen LogP contribution >= 0.6 is 0 Å². The van der Waals surface area contributed by atoms with E-state index in [4.69, 9.17) is 5.84 Å². The molecule has 0 radical (unpaired) electrons. The molecule has 0 spiro atoms. The molecule has 4 heteroatoms. The van der Waals surface area contributed by atoms with Gasteiger partial charge in [-0.05, 0) is 16.7 Å². The van der Waals surface area contributed by atoms with Gasteiger partial charge in [0.15, 0.2) is 0 Å². The number of nitrogen functional groups attached to an aromatic ring is 1. The van der Waals surface area contributed by atoms with Crippen LogP contribution in [-0.4, -0.2) is 9.97 Å². The van der Waals surface area contributed by atoms with Crippen LogP contribution in [0.1, 0.15) is 0 Å². The molecule has 3 rings (SSSR count). The summed E-state index contributed by atoms with van der Waals surface area (Å²) in [5.74, 6) is 5.86. The van der Waals surface area contributed by atoms with Crippen molar-refractivity contribution < 1.29 is 0 Å². The maximum Gasteiger partial charge on any atom is 0.215 e. The lowest BCUT2D eigenvalue weighted by Gasteiger charge is -2.03. The second-order valence-corrected chi connectivity index (χ2v) is 4.23. The number of anilines is 1. The number of H-pyrrole nitrogens is 1. The highest BCUT2D eigenvalue weighted by molar-refractivity contribution is 5.69. The zero-order valence-corrected chi connectivity index (χ0v) is 10.3. The first-order chi connectivity index (χ1) is 9.36. The molecule has 19 heavy (non-hydrogen) atoms. The molecule has 2 aromatic carbocycles. The number of imidazole rings is 1. The molecule has 0 aliphatic heterocycles. The Balaban J connectivity index is 1.90. The van der Waals surface area contributed by atoms with Crippen LogP contribution in [0.2, 0.25) is 0 Å². The number of hydrogen-bond acceptors (Lipinski definition) is 3. The van der Waals surface area contributed by atoms with E-state index in [0.29, 0.717) is 5.95 Å². The summed E-state index contributed by atoms with van der Waals surface area (Å²) in [5, 5.41) is 0. The van der Waals surface area contributed by atoms with E-state index in [9.17, 15) is 0 Å². The third kappa shape index (κ3) is 2.34. The van der Waals surface area contributed by atoms with Crippen LogP contribution < -0.4 is 11.3 Å². The first kappa shape index (κ1) is 11.5. The molecule has 0 aliphatic carbocycles. The zero-order valence-electron chi connectivity index (χ0n) is 10.3. The molecule has 1 aromatic heterocycles. The number of hydrazine groups is 1. The topological polar surface area (TPSA) is 66.7 Å². The van der Waals surface area contributed by atoms with Gasteiger partial charge in [0.25, 0.3) is 0 Å². The Kier molecular flexibility index (Phi) is 3.00. The fourth-order valence-electron chi connectivity index (χ4n) is 2.01. The van der Waals surface area contributed by atoms with Crippen molar-refractivity contribution in [2.24, 2.45) is 5.84 Å². The molecule has 4 nitrogen and oxygen atoms in total. The van der Waals surface area contributed by atoms with Crippen LogP contribution in [0.5, 0.6) is 0 Å². The fraction of sp³-hybridized carbons (Fsp3) is 0. The number of aromatic amines is 1. The molecule has 0 atom stereocenters. The predicted octanol–water partition coefficient (Wildman–Crippen LogP) is 3.03. The molecule has 0 unspecified atom stereocenters. The van der Waals surface area contributed by atoms with Gasteiger partial charge in [0.2, 0.25) is 5.95 Å². The van der Waals surface area contributed by atoms with Gasteiger partial charge in [0.05, 0.1) is 11.9 Å². The lowest BCUT2D eigenvalue weighted by atomic mass is 10.0. The van der Waals surface area contributed by atoms with E-state index < -0.39 is 0 Å². The summed E-state index contributed by atoms with van der Waals surface area (Å²) in [4.78, 5) is 7.19. The second kappa shape index (κ2) is 4.96. The lowest BCUT2D eigenvalue weighted by Crippen LogP contribution is -2.07. The Bertz CT molecular complexity index is 656. The smallest absolute Gasteiger partial charge is 0.215 e. The van der Waals surface area contributed by atoms with Crippen LogP contribution in [0.4, 0.5) is 5.95 Å². The van der Waals surface area contributed by atoms with Gasteiger partial charge in [-0.1, -0.05) is 54.6 Å². The van der Waals surface area contributed by atoms with Crippen molar-refractivity contribution in [3.8, 4) is 22.4 Å². The molecule has 94 valence electrons. The summed E-state index contributed by atoms with van der Waals surface area (Å²) in [6, 6.07) is 18.6. The molecule has 1 heterocycles. The molecule has 0 fully saturated rings. The quantitative estimate of drug-likeness (QED) is 0.494. The molecule has 0 saturated carbocycles. The van der Waals surface area contributed by atoms with Gasteiger partial charge in [0.1, 0.15) is 0 Å². The number of aromatic nitrogens is 2. The Hall–Kier alpha value is -2.59. The van der Waals surface area contributed by atoms with Crippen molar-refractivity contribution >= 4 is 5.95 Å². The first-order valence-corrected chi connectivity index (χ1v) is 6.04.